The normalized spacial score (nSPS) is 15.7. The van der Waals surface area contributed by atoms with Crippen molar-refractivity contribution in [1.29, 1.82) is 0 Å². The van der Waals surface area contributed by atoms with Crippen LogP contribution in [0.4, 0.5) is 11.5 Å². The van der Waals surface area contributed by atoms with Crippen molar-refractivity contribution in [3.8, 4) is 11.4 Å². The maximum Gasteiger partial charge on any atom is 0.255 e. The van der Waals surface area contributed by atoms with Gasteiger partial charge in [0.2, 0.25) is 0 Å². The van der Waals surface area contributed by atoms with E-state index in [-0.39, 0.29) is 5.91 Å². The zero-order valence-corrected chi connectivity index (χ0v) is 20.7. The van der Waals surface area contributed by atoms with Gasteiger partial charge in [0.15, 0.2) is 5.82 Å². The minimum atomic E-state index is -0.116. The van der Waals surface area contributed by atoms with Gasteiger partial charge < -0.3 is 15.0 Å². The molecule has 1 aliphatic carbocycles. The molecule has 1 aliphatic heterocycles. The number of nitrogens with zero attached hydrogens (tertiary/aromatic N) is 3. The summed E-state index contributed by atoms with van der Waals surface area (Å²) in [5.74, 6) is 1.66. The van der Waals surface area contributed by atoms with Crippen LogP contribution in [-0.4, -0.2) is 42.2 Å². The van der Waals surface area contributed by atoms with E-state index in [9.17, 15) is 4.79 Å². The molecule has 1 amide bonds. The summed E-state index contributed by atoms with van der Waals surface area (Å²) in [7, 11) is 0. The molecule has 0 radical (unpaired) electrons. The summed E-state index contributed by atoms with van der Waals surface area (Å²) in [5.41, 5.74) is 4.93. The Kier molecular flexibility index (Phi) is 5.96. The Bertz CT molecular complexity index is 1370. The van der Waals surface area contributed by atoms with Crippen molar-refractivity contribution in [2.45, 2.75) is 32.6 Å². The zero-order chi connectivity index (χ0) is 23.8. The molecule has 2 aromatic heterocycles. The first-order valence-electron chi connectivity index (χ1n) is 12.3. The Morgan fingerprint density at radius 2 is 1.71 bits per heavy atom. The lowest BCUT2D eigenvalue weighted by molar-refractivity contribution is 0.102. The van der Waals surface area contributed by atoms with Crippen molar-refractivity contribution < 1.29 is 9.53 Å². The van der Waals surface area contributed by atoms with Crippen LogP contribution in [0.1, 0.15) is 39.2 Å². The topological polar surface area (TPSA) is 67.4 Å². The largest absolute Gasteiger partial charge is 0.378 e. The number of benzene rings is 2. The molecule has 2 aliphatic rings. The fourth-order valence-electron chi connectivity index (χ4n) is 4.88. The third-order valence-electron chi connectivity index (χ3n) is 6.82. The van der Waals surface area contributed by atoms with Gasteiger partial charge in [0, 0.05) is 34.8 Å². The Hall–Kier alpha value is -3.29. The van der Waals surface area contributed by atoms with Crippen molar-refractivity contribution in [2.75, 3.05) is 36.5 Å². The molecule has 7 heteroatoms. The number of fused-ring (bicyclic) bond motifs is 3. The average Bonchev–Trinajstić information content (AvgIpc) is 3.28. The number of rotatable bonds is 4. The summed E-state index contributed by atoms with van der Waals surface area (Å²) < 4.78 is 5.61. The zero-order valence-electron chi connectivity index (χ0n) is 19.8. The third-order valence-corrected chi connectivity index (χ3v) is 8.01. The number of nitrogens with one attached hydrogen (secondary N) is 1. The van der Waals surface area contributed by atoms with Gasteiger partial charge in [-0.2, -0.15) is 0 Å². The molecule has 6 rings (SSSR count). The number of carbonyl (C=O) groups excluding carboxylic acids is 1. The number of morpholine rings is 1. The lowest BCUT2D eigenvalue weighted by Gasteiger charge is -2.29. The Labute approximate surface area is 209 Å². The van der Waals surface area contributed by atoms with E-state index in [1.807, 2.05) is 66.8 Å². The van der Waals surface area contributed by atoms with E-state index in [0.717, 1.165) is 72.4 Å². The number of carbonyl (C=O) groups is 1. The minimum absolute atomic E-state index is 0.116. The number of amides is 1. The molecule has 1 N–H and O–H groups in total. The standard InChI is InChI=1S/C28H28N4O2S/c1-18-6-8-20(9-7-18)27(33)29-21-12-10-19(11-13-21)25-30-26(32-14-16-34-17-15-32)24-22-4-2-3-5-23(22)35-28(24)31-25/h6-13H,2-5,14-17H2,1H3,(H,29,33). The molecule has 0 spiro atoms. The van der Waals surface area contributed by atoms with Crippen molar-refractivity contribution in [3.05, 3.63) is 70.1 Å². The fraction of sp³-hybridized carbons (Fsp3) is 0.321. The maximum absolute atomic E-state index is 12.6. The van der Waals surface area contributed by atoms with Gasteiger partial charge in [0.05, 0.1) is 18.6 Å². The molecule has 0 atom stereocenters. The number of aromatic nitrogens is 2. The molecule has 4 aromatic rings. The van der Waals surface area contributed by atoms with Gasteiger partial charge in [-0.15, -0.1) is 11.3 Å². The fourth-order valence-corrected chi connectivity index (χ4v) is 6.14. The highest BCUT2D eigenvalue weighted by Gasteiger charge is 2.25. The van der Waals surface area contributed by atoms with Gasteiger partial charge >= 0.3 is 0 Å². The molecule has 0 saturated carbocycles. The van der Waals surface area contributed by atoms with E-state index in [0.29, 0.717) is 5.56 Å². The number of anilines is 2. The van der Waals surface area contributed by atoms with Crippen LogP contribution in [-0.2, 0) is 17.6 Å². The number of thiophene rings is 1. The molecule has 6 nitrogen and oxygen atoms in total. The summed E-state index contributed by atoms with van der Waals surface area (Å²) in [4.78, 5) is 27.6. The van der Waals surface area contributed by atoms with Gasteiger partial charge in [-0.1, -0.05) is 17.7 Å². The number of ether oxygens (including phenoxy) is 1. The molecule has 0 unspecified atom stereocenters. The minimum Gasteiger partial charge on any atom is -0.378 e. The highest BCUT2D eigenvalue weighted by Crippen LogP contribution is 2.41. The second-order valence-electron chi connectivity index (χ2n) is 9.26. The summed E-state index contributed by atoms with van der Waals surface area (Å²) >= 11 is 1.83. The second-order valence-corrected chi connectivity index (χ2v) is 10.3. The molecular formula is C28H28N4O2S. The Morgan fingerprint density at radius 3 is 2.49 bits per heavy atom. The number of hydrogen-bond acceptors (Lipinski definition) is 6. The van der Waals surface area contributed by atoms with E-state index in [1.54, 1.807) is 0 Å². The van der Waals surface area contributed by atoms with Gasteiger partial charge in [-0.3, -0.25) is 4.79 Å². The SMILES string of the molecule is Cc1ccc(C(=O)Nc2ccc(-c3nc(N4CCOCC4)c4c5c(sc4n3)CCCC5)cc2)cc1. The number of aryl methyl sites for hydroxylation is 3. The van der Waals surface area contributed by atoms with E-state index in [2.05, 4.69) is 10.2 Å². The maximum atomic E-state index is 12.6. The summed E-state index contributed by atoms with van der Waals surface area (Å²) in [6.45, 7) is 5.15. The predicted molar refractivity (Wildman–Crippen MR) is 142 cm³/mol. The van der Waals surface area contributed by atoms with Crippen LogP contribution in [0.15, 0.2) is 48.5 Å². The lowest BCUT2D eigenvalue weighted by Crippen LogP contribution is -2.37. The predicted octanol–water partition coefficient (Wildman–Crippen LogP) is 5.63. The molecule has 0 bridgehead atoms. The first-order chi connectivity index (χ1) is 17.2. The van der Waals surface area contributed by atoms with Crippen LogP contribution in [0.25, 0.3) is 21.6 Å². The summed E-state index contributed by atoms with van der Waals surface area (Å²) in [5, 5.41) is 4.23. The molecule has 178 valence electrons. The van der Waals surface area contributed by atoms with Crippen molar-refractivity contribution in [2.24, 2.45) is 0 Å². The smallest absolute Gasteiger partial charge is 0.255 e. The van der Waals surface area contributed by atoms with Crippen LogP contribution in [0, 0.1) is 6.92 Å². The first-order valence-corrected chi connectivity index (χ1v) is 13.1. The average molecular weight is 485 g/mol. The highest BCUT2D eigenvalue weighted by molar-refractivity contribution is 7.19. The Balaban J connectivity index is 1.33. The van der Waals surface area contributed by atoms with Gasteiger partial charge in [0.1, 0.15) is 10.6 Å². The van der Waals surface area contributed by atoms with Gasteiger partial charge in [-0.25, -0.2) is 9.97 Å². The molecule has 1 fully saturated rings. The van der Waals surface area contributed by atoms with E-state index in [4.69, 9.17) is 14.7 Å². The van der Waals surface area contributed by atoms with Crippen molar-refractivity contribution in [1.82, 2.24) is 9.97 Å². The van der Waals surface area contributed by atoms with E-state index < -0.39 is 0 Å². The first kappa shape index (κ1) is 22.2. The van der Waals surface area contributed by atoms with Crippen LogP contribution in [0.2, 0.25) is 0 Å². The molecule has 1 saturated heterocycles. The monoisotopic (exact) mass is 484 g/mol. The van der Waals surface area contributed by atoms with Crippen molar-refractivity contribution in [3.63, 3.8) is 0 Å². The van der Waals surface area contributed by atoms with Crippen LogP contribution >= 0.6 is 11.3 Å². The van der Waals surface area contributed by atoms with E-state index in [1.165, 1.54) is 28.7 Å². The van der Waals surface area contributed by atoms with Crippen LogP contribution in [0.3, 0.4) is 0 Å². The van der Waals surface area contributed by atoms with E-state index >= 15 is 0 Å². The number of hydrogen-bond donors (Lipinski definition) is 1. The highest BCUT2D eigenvalue weighted by atomic mass is 32.1. The molecule has 2 aromatic carbocycles. The molecule has 3 heterocycles. The third kappa shape index (κ3) is 4.42. The Morgan fingerprint density at radius 1 is 0.971 bits per heavy atom. The quantitative estimate of drug-likeness (QED) is 0.406. The van der Waals surface area contributed by atoms with Crippen LogP contribution in [0.5, 0.6) is 0 Å². The van der Waals surface area contributed by atoms with Crippen LogP contribution < -0.4 is 10.2 Å². The van der Waals surface area contributed by atoms with Gasteiger partial charge in [0.25, 0.3) is 5.91 Å². The summed E-state index contributed by atoms with van der Waals surface area (Å²) in [6.07, 6.45) is 4.75. The molecule has 35 heavy (non-hydrogen) atoms. The lowest BCUT2D eigenvalue weighted by atomic mass is 9.97. The van der Waals surface area contributed by atoms with Gasteiger partial charge in [-0.05, 0) is 74.6 Å². The van der Waals surface area contributed by atoms with Crippen molar-refractivity contribution >= 4 is 39.0 Å². The summed E-state index contributed by atoms with van der Waals surface area (Å²) in [6, 6.07) is 15.4. The molecular weight excluding hydrogens is 456 g/mol. The second kappa shape index (κ2) is 9.40.